The van der Waals surface area contributed by atoms with Crippen molar-refractivity contribution in [3.8, 4) is 11.5 Å². The Kier molecular flexibility index (Phi) is 5.78. The second-order valence-corrected chi connectivity index (χ2v) is 5.77. The SMILES string of the molecule is O=C(O)CCCc1nnc(-c2ccc(NC(=O)Nc3ccccc3)cc2)o1. The summed E-state index contributed by atoms with van der Waals surface area (Å²) in [6.07, 6.45) is 0.915. The van der Waals surface area contributed by atoms with Crippen LogP contribution >= 0.6 is 0 Å². The number of nitrogens with one attached hydrogen (secondary N) is 2. The number of carboxylic acids is 1. The number of hydrogen-bond donors (Lipinski definition) is 3. The number of aromatic nitrogens is 2. The van der Waals surface area contributed by atoms with Gasteiger partial charge < -0.3 is 20.2 Å². The molecule has 0 aliphatic heterocycles. The zero-order valence-electron chi connectivity index (χ0n) is 14.4. The highest BCUT2D eigenvalue weighted by molar-refractivity contribution is 5.99. The van der Waals surface area contributed by atoms with Crippen LogP contribution in [0.5, 0.6) is 0 Å². The predicted molar refractivity (Wildman–Crippen MR) is 99.4 cm³/mol. The van der Waals surface area contributed by atoms with Crippen LogP contribution in [-0.2, 0) is 11.2 Å². The summed E-state index contributed by atoms with van der Waals surface area (Å²) in [5, 5.41) is 22.0. The van der Waals surface area contributed by atoms with Gasteiger partial charge in [0.25, 0.3) is 0 Å². The number of amides is 2. The molecule has 8 heteroatoms. The minimum atomic E-state index is -0.853. The van der Waals surface area contributed by atoms with E-state index in [9.17, 15) is 9.59 Å². The number of urea groups is 1. The van der Waals surface area contributed by atoms with Gasteiger partial charge in [0.15, 0.2) is 0 Å². The third kappa shape index (κ3) is 5.40. The molecule has 0 aliphatic carbocycles. The van der Waals surface area contributed by atoms with Crippen molar-refractivity contribution in [3.63, 3.8) is 0 Å². The summed E-state index contributed by atoms with van der Waals surface area (Å²) in [4.78, 5) is 22.5. The van der Waals surface area contributed by atoms with Crippen molar-refractivity contribution >= 4 is 23.4 Å². The molecule has 3 aromatic rings. The van der Waals surface area contributed by atoms with Crippen LogP contribution in [-0.4, -0.2) is 27.3 Å². The molecule has 2 aromatic carbocycles. The highest BCUT2D eigenvalue weighted by Crippen LogP contribution is 2.21. The quantitative estimate of drug-likeness (QED) is 0.586. The monoisotopic (exact) mass is 366 g/mol. The van der Waals surface area contributed by atoms with Crippen molar-refractivity contribution in [2.24, 2.45) is 0 Å². The van der Waals surface area contributed by atoms with Crippen molar-refractivity contribution in [2.45, 2.75) is 19.3 Å². The fourth-order valence-corrected chi connectivity index (χ4v) is 2.37. The van der Waals surface area contributed by atoms with Crippen LogP contribution < -0.4 is 10.6 Å². The predicted octanol–water partition coefficient (Wildman–Crippen LogP) is 3.79. The molecule has 138 valence electrons. The Labute approximate surface area is 155 Å². The Morgan fingerprint density at radius 2 is 1.59 bits per heavy atom. The Morgan fingerprint density at radius 1 is 0.926 bits per heavy atom. The number of rotatable bonds is 7. The Morgan fingerprint density at radius 3 is 2.26 bits per heavy atom. The molecular weight excluding hydrogens is 348 g/mol. The Bertz CT molecular complexity index is 907. The lowest BCUT2D eigenvalue weighted by atomic mass is 10.2. The molecule has 0 bridgehead atoms. The van der Waals surface area contributed by atoms with Crippen LogP contribution in [0.2, 0.25) is 0 Å². The van der Waals surface area contributed by atoms with E-state index in [4.69, 9.17) is 9.52 Å². The first-order chi connectivity index (χ1) is 13.1. The largest absolute Gasteiger partial charge is 0.481 e. The smallest absolute Gasteiger partial charge is 0.323 e. The summed E-state index contributed by atoms with van der Waals surface area (Å²) in [5.74, 6) is -0.106. The average molecular weight is 366 g/mol. The first kappa shape index (κ1) is 18.1. The fraction of sp³-hybridized carbons (Fsp3) is 0.158. The van der Waals surface area contributed by atoms with Gasteiger partial charge in [0.05, 0.1) is 0 Å². The highest BCUT2D eigenvalue weighted by atomic mass is 16.4. The minimum absolute atomic E-state index is 0.0587. The van der Waals surface area contributed by atoms with Crippen molar-refractivity contribution in [1.82, 2.24) is 10.2 Å². The maximum Gasteiger partial charge on any atom is 0.323 e. The van der Waals surface area contributed by atoms with Crippen LogP contribution in [0, 0.1) is 0 Å². The number of aryl methyl sites for hydroxylation is 1. The molecule has 3 N–H and O–H groups in total. The molecule has 1 heterocycles. The van der Waals surface area contributed by atoms with Gasteiger partial charge in [-0.05, 0) is 42.8 Å². The van der Waals surface area contributed by atoms with Crippen LogP contribution in [0.25, 0.3) is 11.5 Å². The van der Waals surface area contributed by atoms with Gasteiger partial charge in [-0.15, -0.1) is 10.2 Å². The number of hydrogen-bond acceptors (Lipinski definition) is 5. The van der Waals surface area contributed by atoms with Gasteiger partial charge in [0.2, 0.25) is 11.8 Å². The summed E-state index contributed by atoms with van der Waals surface area (Å²) in [5.41, 5.74) is 2.03. The third-order valence-corrected chi connectivity index (χ3v) is 3.67. The van der Waals surface area contributed by atoms with Gasteiger partial charge in [0.1, 0.15) is 0 Å². The van der Waals surface area contributed by atoms with Gasteiger partial charge in [-0.25, -0.2) is 4.79 Å². The van der Waals surface area contributed by atoms with Crippen LogP contribution in [0.3, 0.4) is 0 Å². The van der Waals surface area contributed by atoms with E-state index in [0.717, 1.165) is 0 Å². The summed E-state index contributed by atoms with van der Waals surface area (Å²) in [6.45, 7) is 0. The number of nitrogens with zero attached hydrogens (tertiary/aromatic N) is 2. The molecule has 0 fully saturated rings. The standard InChI is InChI=1S/C19H18N4O4/c24-17(25)8-4-7-16-22-23-18(27-16)13-9-11-15(12-10-13)21-19(26)20-14-5-2-1-3-6-14/h1-3,5-6,9-12H,4,7-8H2,(H,24,25)(H2,20,21,26). The van der Waals surface area contributed by atoms with E-state index in [2.05, 4.69) is 20.8 Å². The minimum Gasteiger partial charge on any atom is -0.481 e. The topological polar surface area (TPSA) is 117 Å². The summed E-state index contributed by atoms with van der Waals surface area (Å²) in [7, 11) is 0. The normalized spacial score (nSPS) is 10.4. The molecule has 1 aromatic heterocycles. The number of aliphatic carboxylic acids is 1. The van der Waals surface area contributed by atoms with Gasteiger partial charge >= 0.3 is 12.0 Å². The fourth-order valence-electron chi connectivity index (χ4n) is 2.37. The second kappa shape index (κ2) is 8.61. The number of benzene rings is 2. The molecule has 0 aliphatic rings. The number of anilines is 2. The van der Waals surface area contributed by atoms with Gasteiger partial charge in [0, 0.05) is 29.8 Å². The lowest BCUT2D eigenvalue weighted by Gasteiger charge is -2.07. The first-order valence-corrected chi connectivity index (χ1v) is 8.38. The third-order valence-electron chi connectivity index (χ3n) is 3.67. The summed E-state index contributed by atoms with van der Waals surface area (Å²) >= 11 is 0. The number of carbonyl (C=O) groups excluding carboxylic acids is 1. The Hall–Kier alpha value is -3.68. The molecule has 0 radical (unpaired) electrons. The molecule has 27 heavy (non-hydrogen) atoms. The molecule has 3 rings (SSSR count). The van der Waals surface area contributed by atoms with E-state index in [1.807, 2.05) is 18.2 Å². The first-order valence-electron chi connectivity index (χ1n) is 8.38. The maximum absolute atomic E-state index is 12.0. The van der Waals surface area contributed by atoms with E-state index in [0.29, 0.717) is 41.6 Å². The van der Waals surface area contributed by atoms with Crippen molar-refractivity contribution in [1.29, 1.82) is 0 Å². The van der Waals surface area contributed by atoms with E-state index in [-0.39, 0.29) is 12.5 Å². The maximum atomic E-state index is 12.0. The van der Waals surface area contributed by atoms with E-state index < -0.39 is 5.97 Å². The zero-order chi connectivity index (χ0) is 19.1. The zero-order valence-corrected chi connectivity index (χ0v) is 14.4. The number of carboxylic acid groups (broad SMARTS) is 1. The molecule has 0 saturated heterocycles. The molecule has 0 saturated carbocycles. The highest BCUT2D eigenvalue weighted by Gasteiger charge is 2.10. The molecule has 2 amide bonds. The Balaban J connectivity index is 1.56. The summed E-state index contributed by atoms with van der Waals surface area (Å²) in [6, 6.07) is 15.8. The lowest BCUT2D eigenvalue weighted by molar-refractivity contribution is -0.137. The number of para-hydroxylation sites is 1. The van der Waals surface area contributed by atoms with E-state index in [1.165, 1.54) is 0 Å². The molecule has 0 spiro atoms. The van der Waals surface area contributed by atoms with E-state index >= 15 is 0 Å². The van der Waals surface area contributed by atoms with Crippen molar-refractivity contribution < 1.29 is 19.1 Å². The lowest BCUT2D eigenvalue weighted by Crippen LogP contribution is -2.19. The van der Waals surface area contributed by atoms with E-state index in [1.54, 1.807) is 36.4 Å². The molecule has 8 nitrogen and oxygen atoms in total. The van der Waals surface area contributed by atoms with Crippen LogP contribution in [0.4, 0.5) is 16.2 Å². The molecule has 0 atom stereocenters. The number of carbonyl (C=O) groups is 2. The van der Waals surface area contributed by atoms with Gasteiger partial charge in [-0.1, -0.05) is 18.2 Å². The van der Waals surface area contributed by atoms with Crippen molar-refractivity contribution in [2.75, 3.05) is 10.6 Å². The van der Waals surface area contributed by atoms with Crippen molar-refractivity contribution in [3.05, 3.63) is 60.5 Å². The van der Waals surface area contributed by atoms with Gasteiger partial charge in [-0.2, -0.15) is 0 Å². The molecule has 0 unspecified atom stereocenters. The van der Waals surface area contributed by atoms with Crippen LogP contribution in [0.15, 0.2) is 59.0 Å². The second-order valence-electron chi connectivity index (χ2n) is 5.77. The average Bonchev–Trinajstić information content (AvgIpc) is 3.12. The van der Waals surface area contributed by atoms with Crippen LogP contribution in [0.1, 0.15) is 18.7 Å². The van der Waals surface area contributed by atoms with Gasteiger partial charge in [-0.3, -0.25) is 4.79 Å². The summed E-state index contributed by atoms with van der Waals surface area (Å²) < 4.78 is 5.54. The molecular formula is C19H18N4O4.